The Kier molecular flexibility index (Phi) is 5.59. The maximum atomic E-state index is 12.2. The highest BCUT2D eigenvalue weighted by molar-refractivity contribution is 9.10. The van der Waals surface area contributed by atoms with Crippen LogP contribution in [-0.2, 0) is 4.79 Å². The van der Waals surface area contributed by atoms with Crippen LogP contribution in [0.25, 0.3) is 0 Å². The fourth-order valence-electron chi connectivity index (χ4n) is 1.66. The van der Waals surface area contributed by atoms with E-state index in [0.29, 0.717) is 15.1 Å². The summed E-state index contributed by atoms with van der Waals surface area (Å²) in [5, 5.41) is 12.2. The lowest BCUT2D eigenvalue weighted by atomic mass is 9.84. The predicted octanol–water partition coefficient (Wildman–Crippen LogP) is 3.72. The van der Waals surface area contributed by atoms with Crippen LogP contribution in [0.3, 0.4) is 0 Å². The van der Waals surface area contributed by atoms with Gasteiger partial charge in [0.15, 0.2) is 0 Å². The molecule has 1 unspecified atom stereocenters. The predicted molar refractivity (Wildman–Crippen MR) is 82.1 cm³/mol. The molecule has 0 radical (unpaired) electrons. The molecular weight excluding hydrogens is 346 g/mol. The third-order valence-electron chi connectivity index (χ3n) is 2.91. The Bertz CT molecular complexity index is 526. The topological polar surface area (TPSA) is 66.4 Å². The van der Waals surface area contributed by atoms with Crippen LogP contribution in [0, 0.1) is 5.41 Å². The smallest absolute Gasteiger partial charge is 0.305 e. The first-order chi connectivity index (χ1) is 9.11. The van der Waals surface area contributed by atoms with Gasteiger partial charge in [0.2, 0.25) is 0 Å². The van der Waals surface area contributed by atoms with Crippen molar-refractivity contribution in [3.05, 3.63) is 33.3 Å². The molecule has 1 amide bonds. The fourth-order valence-corrected chi connectivity index (χ4v) is 2.52. The first-order valence-electron chi connectivity index (χ1n) is 6.09. The molecule has 4 nitrogen and oxygen atoms in total. The highest BCUT2D eigenvalue weighted by Crippen LogP contribution is 2.25. The molecule has 0 saturated heterocycles. The molecule has 110 valence electrons. The second-order valence-corrected chi connectivity index (χ2v) is 6.90. The van der Waals surface area contributed by atoms with E-state index in [2.05, 4.69) is 21.2 Å². The summed E-state index contributed by atoms with van der Waals surface area (Å²) in [5.74, 6) is -1.27. The van der Waals surface area contributed by atoms with Crippen molar-refractivity contribution in [2.45, 2.75) is 33.2 Å². The molecule has 1 aromatic rings. The van der Waals surface area contributed by atoms with Gasteiger partial charge < -0.3 is 10.4 Å². The zero-order chi connectivity index (χ0) is 15.5. The molecule has 1 aromatic carbocycles. The highest BCUT2D eigenvalue weighted by Gasteiger charge is 2.29. The van der Waals surface area contributed by atoms with E-state index in [1.54, 1.807) is 18.2 Å². The summed E-state index contributed by atoms with van der Waals surface area (Å²) in [6.07, 6.45) is -0.125. The van der Waals surface area contributed by atoms with Crippen molar-refractivity contribution in [1.29, 1.82) is 0 Å². The number of carboxylic acid groups (broad SMARTS) is 1. The minimum Gasteiger partial charge on any atom is -0.481 e. The Morgan fingerprint density at radius 2 is 2.00 bits per heavy atom. The van der Waals surface area contributed by atoms with Crippen LogP contribution in [0.4, 0.5) is 0 Å². The molecule has 20 heavy (non-hydrogen) atoms. The van der Waals surface area contributed by atoms with Gasteiger partial charge in [-0.05, 0) is 39.5 Å². The summed E-state index contributed by atoms with van der Waals surface area (Å²) in [4.78, 5) is 23.1. The van der Waals surface area contributed by atoms with E-state index >= 15 is 0 Å². The van der Waals surface area contributed by atoms with E-state index in [0.717, 1.165) is 0 Å². The molecule has 0 spiro atoms. The molecule has 0 fully saturated rings. The van der Waals surface area contributed by atoms with Crippen molar-refractivity contribution in [2.24, 2.45) is 5.41 Å². The lowest BCUT2D eigenvalue weighted by molar-refractivity contribution is -0.138. The number of aliphatic carboxylic acids is 1. The van der Waals surface area contributed by atoms with Gasteiger partial charge in [0, 0.05) is 15.5 Å². The number of carboxylic acids is 1. The van der Waals surface area contributed by atoms with E-state index in [9.17, 15) is 9.59 Å². The van der Waals surface area contributed by atoms with E-state index in [1.165, 1.54) is 0 Å². The summed E-state index contributed by atoms with van der Waals surface area (Å²) < 4.78 is 0.575. The van der Waals surface area contributed by atoms with Crippen molar-refractivity contribution >= 4 is 39.4 Å². The van der Waals surface area contributed by atoms with Crippen molar-refractivity contribution in [3.8, 4) is 0 Å². The van der Waals surface area contributed by atoms with Gasteiger partial charge >= 0.3 is 5.97 Å². The molecule has 1 atom stereocenters. The number of benzene rings is 1. The van der Waals surface area contributed by atoms with Crippen LogP contribution in [0.5, 0.6) is 0 Å². The molecule has 0 bridgehead atoms. The van der Waals surface area contributed by atoms with Gasteiger partial charge in [0.25, 0.3) is 5.91 Å². The maximum absolute atomic E-state index is 12.2. The molecule has 0 aromatic heterocycles. The summed E-state index contributed by atoms with van der Waals surface area (Å²) in [6.45, 7) is 5.66. The highest BCUT2D eigenvalue weighted by atomic mass is 79.9. The average Bonchev–Trinajstić information content (AvgIpc) is 2.25. The van der Waals surface area contributed by atoms with Crippen molar-refractivity contribution in [2.75, 3.05) is 0 Å². The second-order valence-electron chi connectivity index (χ2n) is 5.61. The number of nitrogens with one attached hydrogen (secondary N) is 1. The molecule has 0 aliphatic rings. The summed E-state index contributed by atoms with van der Waals surface area (Å²) >= 11 is 9.11. The van der Waals surface area contributed by atoms with Crippen molar-refractivity contribution < 1.29 is 14.7 Å². The minimum atomic E-state index is -0.944. The van der Waals surface area contributed by atoms with Gasteiger partial charge in [-0.2, -0.15) is 0 Å². The lowest BCUT2D eigenvalue weighted by Crippen LogP contribution is -2.45. The van der Waals surface area contributed by atoms with Crippen LogP contribution in [0.1, 0.15) is 37.6 Å². The van der Waals surface area contributed by atoms with Crippen LogP contribution in [-0.4, -0.2) is 23.0 Å². The van der Waals surface area contributed by atoms with Crippen molar-refractivity contribution in [1.82, 2.24) is 5.32 Å². The monoisotopic (exact) mass is 361 g/mol. The molecule has 0 saturated carbocycles. The Morgan fingerprint density at radius 3 is 2.45 bits per heavy atom. The number of hydrogen-bond acceptors (Lipinski definition) is 2. The molecule has 0 heterocycles. The zero-order valence-corrected chi connectivity index (χ0v) is 13.9. The van der Waals surface area contributed by atoms with Gasteiger partial charge in [-0.25, -0.2) is 0 Å². The number of amides is 1. The molecule has 1 rings (SSSR count). The standard InChI is InChI=1S/C14H17BrClNO3/c1-14(2,3)11(7-12(18)19)17-13(20)9-5-4-8(16)6-10(9)15/h4-6,11H,7H2,1-3H3,(H,17,20)(H,18,19). The summed E-state index contributed by atoms with van der Waals surface area (Å²) in [5.41, 5.74) is 0.0708. The maximum Gasteiger partial charge on any atom is 0.305 e. The fraction of sp³-hybridized carbons (Fsp3) is 0.429. The Labute approximate surface area is 131 Å². The molecule has 6 heteroatoms. The zero-order valence-electron chi connectivity index (χ0n) is 11.5. The number of halogens is 2. The van der Waals surface area contributed by atoms with Gasteiger partial charge in [0.1, 0.15) is 0 Å². The van der Waals surface area contributed by atoms with Gasteiger partial charge in [-0.1, -0.05) is 32.4 Å². The summed E-state index contributed by atoms with van der Waals surface area (Å²) in [7, 11) is 0. The first-order valence-corrected chi connectivity index (χ1v) is 7.26. The van der Waals surface area contributed by atoms with E-state index in [4.69, 9.17) is 16.7 Å². The van der Waals surface area contributed by atoms with Crippen LogP contribution in [0.15, 0.2) is 22.7 Å². The quantitative estimate of drug-likeness (QED) is 0.858. The molecular formula is C14H17BrClNO3. The Morgan fingerprint density at radius 1 is 1.40 bits per heavy atom. The van der Waals surface area contributed by atoms with Crippen LogP contribution in [0.2, 0.25) is 5.02 Å². The van der Waals surface area contributed by atoms with Crippen LogP contribution >= 0.6 is 27.5 Å². The average molecular weight is 363 g/mol. The first kappa shape index (κ1) is 17.0. The number of carbonyl (C=O) groups excluding carboxylic acids is 1. The minimum absolute atomic E-state index is 0.125. The van der Waals surface area contributed by atoms with E-state index in [1.807, 2.05) is 20.8 Å². The third-order valence-corrected chi connectivity index (χ3v) is 3.80. The van der Waals surface area contributed by atoms with Crippen molar-refractivity contribution in [3.63, 3.8) is 0 Å². The summed E-state index contributed by atoms with van der Waals surface area (Å²) in [6, 6.07) is 4.38. The molecule has 0 aliphatic heterocycles. The largest absolute Gasteiger partial charge is 0.481 e. The molecule has 2 N–H and O–H groups in total. The van der Waals surface area contributed by atoms with E-state index < -0.39 is 12.0 Å². The number of hydrogen-bond donors (Lipinski definition) is 2. The number of carbonyl (C=O) groups is 2. The third kappa shape index (κ3) is 4.80. The van der Waals surface area contributed by atoms with Gasteiger partial charge in [-0.3, -0.25) is 9.59 Å². The Hall–Kier alpha value is -1.07. The lowest BCUT2D eigenvalue weighted by Gasteiger charge is -2.30. The van der Waals surface area contributed by atoms with Crippen LogP contribution < -0.4 is 5.32 Å². The molecule has 0 aliphatic carbocycles. The SMILES string of the molecule is CC(C)(C)C(CC(=O)O)NC(=O)c1ccc(Cl)cc1Br. The van der Waals surface area contributed by atoms with E-state index in [-0.39, 0.29) is 17.7 Å². The normalized spacial score (nSPS) is 12.8. The van der Waals surface area contributed by atoms with Gasteiger partial charge in [0.05, 0.1) is 12.0 Å². The number of rotatable bonds is 4. The Balaban J connectivity index is 2.93. The van der Waals surface area contributed by atoms with Gasteiger partial charge in [-0.15, -0.1) is 0 Å². The second kappa shape index (κ2) is 6.59.